The smallest absolute Gasteiger partial charge is 0.225 e. The molecule has 21 heavy (non-hydrogen) atoms. The fourth-order valence-electron chi connectivity index (χ4n) is 5.32. The summed E-state index contributed by atoms with van der Waals surface area (Å²) in [6, 6.07) is 0. The summed E-state index contributed by atoms with van der Waals surface area (Å²) < 4.78 is 5.32. The van der Waals surface area contributed by atoms with Crippen molar-refractivity contribution < 1.29 is 14.3 Å². The number of ether oxygens (including phenoxy) is 1. The third-order valence-electron chi connectivity index (χ3n) is 6.61. The molecule has 1 heterocycles. The van der Waals surface area contributed by atoms with Crippen LogP contribution in [-0.4, -0.2) is 31.6 Å². The third-order valence-corrected chi connectivity index (χ3v) is 6.61. The van der Waals surface area contributed by atoms with Gasteiger partial charge in [-0.1, -0.05) is 0 Å². The second-order valence-electron chi connectivity index (χ2n) is 7.49. The van der Waals surface area contributed by atoms with Crippen molar-refractivity contribution in [1.29, 1.82) is 0 Å². The van der Waals surface area contributed by atoms with E-state index in [1.165, 1.54) is 19.3 Å². The van der Waals surface area contributed by atoms with Gasteiger partial charge in [0.05, 0.1) is 5.41 Å². The second kappa shape index (κ2) is 4.70. The molecule has 1 saturated heterocycles. The lowest BCUT2D eigenvalue weighted by molar-refractivity contribution is -0.134. The Morgan fingerprint density at radius 1 is 1.14 bits per heavy atom. The van der Waals surface area contributed by atoms with Gasteiger partial charge >= 0.3 is 0 Å². The summed E-state index contributed by atoms with van der Waals surface area (Å²) in [7, 11) is 0. The fraction of sp³-hybridized carbons (Fsp3) is 0.875. The van der Waals surface area contributed by atoms with Gasteiger partial charge in [-0.2, -0.15) is 0 Å². The van der Waals surface area contributed by atoms with Gasteiger partial charge in [-0.3, -0.25) is 9.59 Å². The number of rotatable bonds is 4. The molecule has 116 valence electrons. The van der Waals surface area contributed by atoms with E-state index >= 15 is 0 Å². The minimum atomic E-state index is -0.600. The minimum Gasteiger partial charge on any atom is -0.381 e. The predicted molar refractivity (Wildman–Crippen MR) is 76.0 cm³/mol. The highest BCUT2D eigenvalue weighted by atomic mass is 16.5. The SMILES string of the molecule is NC(=O)C1(CNC(=O)C2[C@@H]3[C@H]4CC[C@@H](C4)[C@H]23)CCOCC1. The van der Waals surface area contributed by atoms with E-state index in [1.54, 1.807) is 0 Å². The number of primary amides is 1. The molecule has 3 N–H and O–H groups in total. The predicted octanol–water partition coefficient (Wildman–Crippen LogP) is 0.677. The molecule has 4 rings (SSSR count). The standard InChI is InChI=1S/C16H24N2O3/c17-15(20)16(3-5-21-6-4-16)8-18-14(19)13-11-9-1-2-10(7-9)12(11)13/h9-13H,1-8H2,(H2,17,20)(H,18,19)/t9-,10-,11-,12+,13?/m0/s1. The van der Waals surface area contributed by atoms with Crippen molar-refractivity contribution in [3.63, 3.8) is 0 Å². The van der Waals surface area contributed by atoms with Gasteiger partial charge in [-0.15, -0.1) is 0 Å². The zero-order valence-corrected chi connectivity index (χ0v) is 12.3. The maximum absolute atomic E-state index is 12.5. The summed E-state index contributed by atoms with van der Waals surface area (Å²) in [6.45, 7) is 1.49. The molecular formula is C16H24N2O3. The Bertz CT molecular complexity index is 456. The molecule has 1 aliphatic heterocycles. The van der Waals surface area contributed by atoms with E-state index in [9.17, 15) is 9.59 Å². The van der Waals surface area contributed by atoms with Crippen LogP contribution in [0.5, 0.6) is 0 Å². The van der Waals surface area contributed by atoms with Gasteiger partial charge in [0, 0.05) is 25.7 Å². The van der Waals surface area contributed by atoms with Gasteiger partial charge in [-0.25, -0.2) is 0 Å². The van der Waals surface area contributed by atoms with E-state index in [0.717, 1.165) is 11.8 Å². The number of hydrogen-bond donors (Lipinski definition) is 2. The highest BCUT2D eigenvalue weighted by Crippen LogP contribution is 2.69. The van der Waals surface area contributed by atoms with Crippen LogP contribution in [0.1, 0.15) is 32.1 Å². The first kappa shape index (κ1) is 13.6. The van der Waals surface area contributed by atoms with Crippen LogP contribution in [0, 0.1) is 35.0 Å². The van der Waals surface area contributed by atoms with Gasteiger partial charge in [-0.05, 0) is 55.8 Å². The summed E-state index contributed by atoms with van der Waals surface area (Å²) >= 11 is 0. The molecule has 3 saturated carbocycles. The number of nitrogens with two attached hydrogens (primary N) is 1. The number of nitrogens with one attached hydrogen (secondary N) is 1. The summed E-state index contributed by atoms with van der Waals surface area (Å²) in [4.78, 5) is 24.3. The molecule has 0 aromatic heterocycles. The Kier molecular flexibility index (Phi) is 3.03. The van der Waals surface area contributed by atoms with E-state index in [0.29, 0.717) is 44.4 Å². The minimum absolute atomic E-state index is 0.161. The van der Waals surface area contributed by atoms with E-state index in [4.69, 9.17) is 10.5 Å². The summed E-state index contributed by atoms with van der Waals surface area (Å²) in [5.41, 5.74) is 4.98. The van der Waals surface area contributed by atoms with Crippen molar-refractivity contribution >= 4 is 11.8 Å². The van der Waals surface area contributed by atoms with Crippen LogP contribution in [0.25, 0.3) is 0 Å². The van der Waals surface area contributed by atoms with Crippen LogP contribution in [-0.2, 0) is 14.3 Å². The van der Waals surface area contributed by atoms with Gasteiger partial charge in [0.2, 0.25) is 11.8 Å². The quantitative estimate of drug-likeness (QED) is 0.799. The molecular weight excluding hydrogens is 268 g/mol. The van der Waals surface area contributed by atoms with Gasteiger partial charge in [0.25, 0.3) is 0 Å². The topological polar surface area (TPSA) is 81.4 Å². The van der Waals surface area contributed by atoms with Crippen molar-refractivity contribution in [1.82, 2.24) is 5.32 Å². The van der Waals surface area contributed by atoms with E-state index in [2.05, 4.69) is 5.32 Å². The average molecular weight is 292 g/mol. The molecule has 0 spiro atoms. The molecule has 0 radical (unpaired) electrons. The van der Waals surface area contributed by atoms with Crippen molar-refractivity contribution in [3.8, 4) is 0 Å². The van der Waals surface area contributed by atoms with Crippen LogP contribution in [0.15, 0.2) is 0 Å². The van der Waals surface area contributed by atoms with Gasteiger partial charge in [0.15, 0.2) is 0 Å². The van der Waals surface area contributed by atoms with Crippen molar-refractivity contribution in [2.75, 3.05) is 19.8 Å². The lowest BCUT2D eigenvalue weighted by atomic mass is 9.79. The normalized spacial score (nSPS) is 42.4. The zero-order chi connectivity index (χ0) is 14.6. The molecule has 3 aliphatic carbocycles. The van der Waals surface area contributed by atoms with Crippen molar-refractivity contribution in [2.45, 2.75) is 32.1 Å². The molecule has 0 aromatic carbocycles. The lowest BCUT2D eigenvalue weighted by Crippen LogP contribution is -2.50. The van der Waals surface area contributed by atoms with E-state index in [-0.39, 0.29) is 17.7 Å². The Morgan fingerprint density at radius 2 is 1.76 bits per heavy atom. The van der Waals surface area contributed by atoms with Crippen LogP contribution < -0.4 is 11.1 Å². The number of amides is 2. The molecule has 1 unspecified atom stereocenters. The number of carbonyl (C=O) groups is 2. The van der Waals surface area contributed by atoms with Crippen LogP contribution >= 0.6 is 0 Å². The largest absolute Gasteiger partial charge is 0.381 e. The zero-order valence-electron chi connectivity index (χ0n) is 12.3. The molecule has 5 atom stereocenters. The second-order valence-corrected chi connectivity index (χ2v) is 7.49. The average Bonchev–Trinajstić information content (AvgIpc) is 2.93. The third kappa shape index (κ3) is 2.00. The van der Waals surface area contributed by atoms with E-state index in [1.807, 2.05) is 0 Å². The molecule has 5 nitrogen and oxygen atoms in total. The van der Waals surface area contributed by atoms with E-state index < -0.39 is 5.41 Å². The summed E-state index contributed by atoms with van der Waals surface area (Å²) in [6.07, 6.45) is 5.22. The lowest BCUT2D eigenvalue weighted by Gasteiger charge is -2.34. The maximum atomic E-state index is 12.5. The maximum Gasteiger partial charge on any atom is 0.225 e. The first-order valence-corrected chi connectivity index (χ1v) is 8.28. The Labute approximate surface area is 125 Å². The molecule has 2 bridgehead atoms. The molecule has 4 fully saturated rings. The Morgan fingerprint density at radius 3 is 2.33 bits per heavy atom. The van der Waals surface area contributed by atoms with Gasteiger partial charge < -0.3 is 15.8 Å². The fourth-order valence-corrected chi connectivity index (χ4v) is 5.32. The highest BCUT2D eigenvalue weighted by Gasteiger charge is 2.67. The molecule has 2 amide bonds. The number of carbonyl (C=O) groups excluding carboxylic acids is 2. The Hall–Kier alpha value is -1.10. The van der Waals surface area contributed by atoms with Crippen LogP contribution in [0.4, 0.5) is 0 Å². The van der Waals surface area contributed by atoms with Crippen LogP contribution in [0.3, 0.4) is 0 Å². The first-order valence-electron chi connectivity index (χ1n) is 8.28. The van der Waals surface area contributed by atoms with Gasteiger partial charge in [0.1, 0.15) is 0 Å². The highest BCUT2D eigenvalue weighted by molar-refractivity contribution is 5.85. The van der Waals surface area contributed by atoms with Crippen LogP contribution in [0.2, 0.25) is 0 Å². The molecule has 0 aromatic rings. The molecule has 4 aliphatic rings. The number of fused-ring (bicyclic) bond motifs is 5. The number of hydrogen-bond acceptors (Lipinski definition) is 3. The summed E-state index contributed by atoms with van der Waals surface area (Å²) in [5.74, 6) is 2.95. The van der Waals surface area contributed by atoms with Crippen molar-refractivity contribution in [2.24, 2.45) is 40.7 Å². The van der Waals surface area contributed by atoms with Crippen molar-refractivity contribution in [3.05, 3.63) is 0 Å². The first-order chi connectivity index (χ1) is 10.1. The summed E-state index contributed by atoms with van der Waals surface area (Å²) in [5, 5.41) is 3.04. The molecule has 5 heteroatoms. The Balaban J connectivity index is 1.36. The monoisotopic (exact) mass is 292 g/mol.